The van der Waals surface area contributed by atoms with Crippen molar-refractivity contribution >= 4 is 17.4 Å². The molecule has 1 aliphatic rings. The van der Waals surface area contributed by atoms with Crippen LogP contribution >= 0.6 is 11.8 Å². The highest BCUT2D eigenvalue weighted by Crippen LogP contribution is 2.30. The molecule has 0 amide bonds. The van der Waals surface area contributed by atoms with E-state index in [1.165, 1.54) is 25.3 Å². The lowest BCUT2D eigenvalue weighted by Crippen LogP contribution is -2.30. The fourth-order valence-corrected chi connectivity index (χ4v) is 3.17. The van der Waals surface area contributed by atoms with Crippen LogP contribution in [0.15, 0.2) is 12.4 Å². The zero-order chi connectivity index (χ0) is 12.3. The number of hydrogen-bond donors (Lipinski definition) is 1. The SMILES string of the molecule is CC1(C)CCN(CCn2cc(N)cn2)CCS1. The average Bonchev–Trinajstić information content (AvgIpc) is 2.59. The van der Waals surface area contributed by atoms with Gasteiger partial charge in [-0.1, -0.05) is 13.8 Å². The minimum atomic E-state index is 0.435. The summed E-state index contributed by atoms with van der Waals surface area (Å²) >= 11 is 2.09. The molecule has 0 aromatic carbocycles. The van der Waals surface area contributed by atoms with Crippen molar-refractivity contribution in [3.8, 4) is 0 Å². The van der Waals surface area contributed by atoms with Crippen molar-refractivity contribution in [1.29, 1.82) is 0 Å². The van der Waals surface area contributed by atoms with Crippen LogP contribution in [0, 0.1) is 0 Å². The van der Waals surface area contributed by atoms with Gasteiger partial charge < -0.3 is 10.6 Å². The molecule has 0 radical (unpaired) electrons. The Morgan fingerprint density at radius 3 is 2.94 bits per heavy atom. The highest BCUT2D eigenvalue weighted by Gasteiger charge is 2.23. The van der Waals surface area contributed by atoms with E-state index in [1.807, 2.05) is 10.9 Å². The Morgan fingerprint density at radius 2 is 2.24 bits per heavy atom. The number of rotatable bonds is 3. The number of nitrogens with two attached hydrogens (primary N) is 1. The van der Waals surface area contributed by atoms with E-state index in [2.05, 4.69) is 35.6 Å². The van der Waals surface area contributed by atoms with Gasteiger partial charge in [-0.25, -0.2) is 0 Å². The minimum absolute atomic E-state index is 0.435. The van der Waals surface area contributed by atoms with Crippen LogP contribution in [0.1, 0.15) is 20.3 Å². The van der Waals surface area contributed by atoms with Crippen LogP contribution in [0.5, 0.6) is 0 Å². The maximum absolute atomic E-state index is 5.65. The predicted molar refractivity (Wildman–Crippen MR) is 74.2 cm³/mol. The molecule has 4 nitrogen and oxygen atoms in total. The van der Waals surface area contributed by atoms with E-state index in [-0.39, 0.29) is 0 Å². The molecule has 0 atom stereocenters. The number of anilines is 1. The van der Waals surface area contributed by atoms with Crippen LogP contribution in [0.2, 0.25) is 0 Å². The molecule has 1 saturated heterocycles. The van der Waals surface area contributed by atoms with Crippen molar-refractivity contribution < 1.29 is 0 Å². The normalized spacial score (nSPS) is 21.3. The van der Waals surface area contributed by atoms with Gasteiger partial charge in [-0.3, -0.25) is 4.68 Å². The Morgan fingerprint density at radius 1 is 1.41 bits per heavy atom. The smallest absolute Gasteiger partial charge is 0.0719 e. The first-order chi connectivity index (χ1) is 8.05. The van der Waals surface area contributed by atoms with Gasteiger partial charge in [0.2, 0.25) is 0 Å². The molecule has 0 saturated carbocycles. The number of hydrogen-bond acceptors (Lipinski definition) is 4. The highest BCUT2D eigenvalue weighted by atomic mass is 32.2. The molecule has 1 aromatic heterocycles. The second-order valence-electron chi connectivity index (χ2n) is 5.24. The second kappa shape index (κ2) is 5.31. The lowest BCUT2D eigenvalue weighted by Gasteiger charge is -2.22. The molecule has 2 rings (SSSR count). The van der Waals surface area contributed by atoms with E-state index in [4.69, 9.17) is 5.73 Å². The third-order valence-corrected chi connectivity index (χ3v) is 4.60. The molecule has 1 aliphatic heterocycles. The zero-order valence-corrected chi connectivity index (χ0v) is 11.5. The predicted octanol–water partition coefficient (Wildman–Crippen LogP) is 1.68. The lowest BCUT2D eigenvalue weighted by atomic mass is 10.1. The van der Waals surface area contributed by atoms with Gasteiger partial charge in [0.15, 0.2) is 0 Å². The second-order valence-corrected chi connectivity index (χ2v) is 7.04. The monoisotopic (exact) mass is 254 g/mol. The van der Waals surface area contributed by atoms with Gasteiger partial charge in [0.1, 0.15) is 0 Å². The van der Waals surface area contributed by atoms with Gasteiger partial charge in [0, 0.05) is 29.8 Å². The fraction of sp³-hybridized carbons (Fsp3) is 0.750. The van der Waals surface area contributed by atoms with E-state index in [0.717, 1.165) is 18.8 Å². The first-order valence-corrected chi connectivity index (χ1v) is 7.18. The molecule has 0 bridgehead atoms. The lowest BCUT2D eigenvalue weighted by molar-refractivity contribution is 0.268. The summed E-state index contributed by atoms with van der Waals surface area (Å²) in [5.41, 5.74) is 6.40. The first kappa shape index (κ1) is 12.8. The van der Waals surface area contributed by atoms with Crippen molar-refractivity contribution in [2.24, 2.45) is 0 Å². The summed E-state index contributed by atoms with van der Waals surface area (Å²) in [6.45, 7) is 9.06. The molecule has 2 heterocycles. The molecule has 17 heavy (non-hydrogen) atoms. The largest absolute Gasteiger partial charge is 0.396 e. The Balaban J connectivity index is 1.79. The fourth-order valence-electron chi connectivity index (χ4n) is 2.03. The third kappa shape index (κ3) is 3.92. The Hall–Kier alpha value is -0.680. The molecule has 1 aromatic rings. The topological polar surface area (TPSA) is 47.1 Å². The molecule has 96 valence electrons. The summed E-state index contributed by atoms with van der Waals surface area (Å²) < 4.78 is 2.36. The quantitative estimate of drug-likeness (QED) is 0.891. The van der Waals surface area contributed by atoms with Crippen LogP contribution in [0.3, 0.4) is 0 Å². The molecule has 0 unspecified atom stereocenters. The Labute approximate surface area is 108 Å². The van der Waals surface area contributed by atoms with Crippen LogP contribution in [0.4, 0.5) is 5.69 Å². The summed E-state index contributed by atoms with van der Waals surface area (Å²) in [6, 6.07) is 0. The number of aromatic nitrogens is 2. The van der Waals surface area contributed by atoms with Gasteiger partial charge in [0.25, 0.3) is 0 Å². The molecule has 1 fully saturated rings. The van der Waals surface area contributed by atoms with Crippen molar-refractivity contribution in [2.75, 3.05) is 31.1 Å². The van der Waals surface area contributed by atoms with E-state index < -0.39 is 0 Å². The van der Waals surface area contributed by atoms with Crippen LogP contribution < -0.4 is 5.73 Å². The summed E-state index contributed by atoms with van der Waals surface area (Å²) in [4.78, 5) is 2.53. The van der Waals surface area contributed by atoms with E-state index in [1.54, 1.807) is 6.20 Å². The van der Waals surface area contributed by atoms with Gasteiger partial charge >= 0.3 is 0 Å². The molecular formula is C12H22N4S. The summed E-state index contributed by atoms with van der Waals surface area (Å²) in [7, 11) is 0. The number of nitrogen functional groups attached to an aromatic ring is 1. The zero-order valence-electron chi connectivity index (χ0n) is 10.7. The molecule has 0 aliphatic carbocycles. The molecule has 5 heteroatoms. The van der Waals surface area contributed by atoms with Gasteiger partial charge in [0.05, 0.1) is 18.4 Å². The first-order valence-electron chi connectivity index (χ1n) is 6.19. The summed E-state index contributed by atoms with van der Waals surface area (Å²) in [5.74, 6) is 1.23. The minimum Gasteiger partial charge on any atom is -0.396 e. The summed E-state index contributed by atoms with van der Waals surface area (Å²) in [5, 5.41) is 4.21. The standard InChI is InChI=1S/C12H22N4S/c1-12(2)3-4-15(7-8-17-12)5-6-16-10-11(13)9-14-16/h9-10H,3-8,13H2,1-2H3. The molecular weight excluding hydrogens is 232 g/mol. The highest BCUT2D eigenvalue weighted by molar-refractivity contribution is 8.00. The third-order valence-electron chi connectivity index (χ3n) is 3.23. The van der Waals surface area contributed by atoms with Crippen molar-refractivity contribution in [1.82, 2.24) is 14.7 Å². The Bertz CT molecular complexity index is 361. The van der Waals surface area contributed by atoms with Crippen LogP contribution in [-0.4, -0.2) is 44.8 Å². The maximum atomic E-state index is 5.65. The Kier molecular flexibility index (Phi) is 3.99. The number of thioether (sulfide) groups is 1. The van der Waals surface area contributed by atoms with Crippen molar-refractivity contribution in [2.45, 2.75) is 31.6 Å². The molecule has 2 N–H and O–H groups in total. The van der Waals surface area contributed by atoms with Crippen molar-refractivity contribution in [3.05, 3.63) is 12.4 Å². The van der Waals surface area contributed by atoms with Gasteiger partial charge in [-0.2, -0.15) is 16.9 Å². The average molecular weight is 254 g/mol. The van der Waals surface area contributed by atoms with E-state index in [0.29, 0.717) is 4.75 Å². The van der Waals surface area contributed by atoms with Crippen molar-refractivity contribution in [3.63, 3.8) is 0 Å². The van der Waals surface area contributed by atoms with Gasteiger partial charge in [-0.05, 0) is 13.0 Å². The van der Waals surface area contributed by atoms with Gasteiger partial charge in [-0.15, -0.1) is 0 Å². The van der Waals surface area contributed by atoms with Crippen LogP contribution in [0.25, 0.3) is 0 Å². The van der Waals surface area contributed by atoms with E-state index in [9.17, 15) is 0 Å². The summed E-state index contributed by atoms with van der Waals surface area (Å²) in [6.07, 6.45) is 4.87. The maximum Gasteiger partial charge on any atom is 0.0719 e. The molecule has 0 spiro atoms. The van der Waals surface area contributed by atoms with Crippen LogP contribution in [-0.2, 0) is 6.54 Å². The number of nitrogens with zero attached hydrogens (tertiary/aromatic N) is 3. The van der Waals surface area contributed by atoms with E-state index >= 15 is 0 Å².